The largest absolute Gasteiger partial charge is 0.383 e. The van der Waals surface area contributed by atoms with Crippen molar-refractivity contribution in [3.63, 3.8) is 0 Å². The van der Waals surface area contributed by atoms with Gasteiger partial charge in [-0.3, -0.25) is 4.79 Å². The average Bonchev–Trinajstić information content (AvgIpc) is 2.51. The first-order chi connectivity index (χ1) is 10.9. The summed E-state index contributed by atoms with van der Waals surface area (Å²) < 4.78 is 37.4. The SMILES string of the molecule is COCCN(CC1(C)CCOCC1)C(=O)c1ccc(F)cc1F. The monoisotopic (exact) mass is 327 g/mol. The number of amides is 1. The van der Waals surface area contributed by atoms with Gasteiger partial charge in [-0.05, 0) is 30.4 Å². The van der Waals surface area contributed by atoms with Gasteiger partial charge >= 0.3 is 0 Å². The van der Waals surface area contributed by atoms with Crippen LogP contribution >= 0.6 is 0 Å². The zero-order valence-corrected chi connectivity index (χ0v) is 13.6. The number of hydrogen-bond donors (Lipinski definition) is 0. The molecule has 1 saturated heterocycles. The van der Waals surface area contributed by atoms with E-state index in [4.69, 9.17) is 9.47 Å². The Labute approximate surface area is 135 Å². The highest BCUT2D eigenvalue weighted by molar-refractivity contribution is 5.94. The summed E-state index contributed by atoms with van der Waals surface area (Å²) in [5, 5.41) is 0. The van der Waals surface area contributed by atoms with Crippen LogP contribution in [0, 0.1) is 17.0 Å². The van der Waals surface area contributed by atoms with Gasteiger partial charge in [0.2, 0.25) is 0 Å². The van der Waals surface area contributed by atoms with Gasteiger partial charge in [0.1, 0.15) is 11.6 Å². The Morgan fingerprint density at radius 2 is 2.04 bits per heavy atom. The summed E-state index contributed by atoms with van der Waals surface area (Å²) in [6, 6.07) is 3.03. The van der Waals surface area contributed by atoms with Gasteiger partial charge in [-0.25, -0.2) is 8.78 Å². The van der Waals surface area contributed by atoms with E-state index in [9.17, 15) is 13.6 Å². The molecule has 0 atom stereocenters. The van der Waals surface area contributed by atoms with Gasteiger partial charge in [0.25, 0.3) is 5.91 Å². The van der Waals surface area contributed by atoms with Crippen molar-refractivity contribution in [1.82, 2.24) is 4.90 Å². The van der Waals surface area contributed by atoms with Crippen molar-refractivity contribution in [2.24, 2.45) is 5.41 Å². The van der Waals surface area contributed by atoms with E-state index >= 15 is 0 Å². The molecular formula is C17H23F2NO3. The quantitative estimate of drug-likeness (QED) is 0.806. The molecule has 2 rings (SSSR count). The number of hydrogen-bond acceptors (Lipinski definition) is 3. The molecule has 1 amide bonds. The van der Waals surface area contributed by atoms with Crippen LogP contribution in [0.4, 0.5) is 8.78 Å². The van der Waals surface area contributed by atoms with E-state index in [-0.39, 0.29) is 11.0 Å². The van der Waals surface area contributed by atoms with Crippen LogP contribution in [0.2, 0.25) is 0 Å². The van der Waals surface area contributed by atoms with Crippen molar-refractivity contribution >= 4 is 5.91 Å². The summed E-state index contributed by atoms with van der Waals surface area (Å²) in [4.78, 5) is 14.3. The summed E-state index contributed by atoms with van der Waals surface area (Å²) in [7, 11) is 1.55. The minimum absolute atomic E-state index is 0.0713. The maximum Gasteiger partial charge on any atom is 0.256 e. The highest BCUT2D eigenvalue weighted by Gasteiger charge is 2.32. The van der Waals surface area contributed by atoms with Crippen LogP contribution in [0.5, 0.6) is 0 Å². The smallest absolute Gasteiger partial charge is 0.256 e. The lowest BCUT2D eigenvalue weighted by molar-refractivity contribution is 0.00263. The highest BCUT2D eigenvalue weighted by atomic mass is 19.1. The van der Waals surface area contributed by atoms with Gasteiger partial charge in [0.15, 0.2) is 0 Å². The molecule has 0 aliphatic carbocycles. The third kappa shape index (κ3) is 4.72. The van der Waals surface area contributed by atoms with Gasteiger partial charge in [-0.2, -0.15) is 0 Å². The van der Waals surface area contributed by atoms with E-state index in [1.165, 1.54) is 6.07 Å². The molecule has 0 bridgehead atoms. The topological polar surface area (TPSA) is 38.8 Å². The fourth-order valence-electron chi connectivity index (χ4n) is 2.77. The van der Waals surface area contributed by atoms with Gasteiger partial charge in [0.05, 0.1) is 12.2 Å². The van der Waals surface area contributed by atoms with Crippen molar-refractivity contribution < 1.29 is 23.0 Å². The molecule has 4 nitrogen and oxygen atoms in total. The Morgan fingerprint density at radius 3 is 2.65 bits per heavy atom. The fourth-order valence-corrected chi connectivity index (χ4v) is 2.77. The zero-order chi connectivity index (χ0) is 16.9. The Kier molecular flexibility index (Phi) is 6.07. The zero-order valence-electron chi connectivity index (χ0n) is 13.6. The summed E-state index contributed by atoms with van der Waals surface area (Å²) in [6.07, 6.45) is 1.69. The molecule has 1 aliphatic rings. The first kappa shape index (κ1) is 17.8. The molecule has 1 aromatic carbocycles. The molecule has 23 heavy (non-hydrogen) atoms. The first-order valence-corrected chi connectivity index (χ1v) is 7.76. The summed E-state index contributed by atoms with van der Waals surface area (Å²) in [5.74, 6) is -1.97. The molecule has 0 radical (unpaired) electrons. The number of nitrogens with zero attached hydrogens (tertiary/aromatic N) is 1. The summed E-state index contributed by atoms with van der Waals surface area (Å²) in [6.45, 7) is 4.64. The Balaban J connectivity index is 2.17. The van der Waals surface area contributed by atoms with E-state index in [0.29, 0.717) is 32.9 Å². The third-order valence-electron chi connectivity index (χ3n) is 4.29. The number of carbonyl (C=O) groups excluding carboxylic acids is 1. The molecule has 1 heterocycles. The van der Waals surface area contributed by atoms with Gasteiger partial charge in [0, 0.05) is 39.5 Å². The fraction of sp³-hybridized carbons (Fsp3) is 0.588. The predicted molar refractivity (Wildman–Crippen MR) is 82.3 cm³/mol. The number of benzene rings is 1. The third-order valence-corrected chi connectivity index (χ3v) is 4.29. The minimum Gasteiger partial charge on any atom is -0.383 e. The van der Waals surface area contributed by atoms with Crippen molar-refractivity contribution in [1.29, 1.82) is 0 Å². The Morgan fingerprint density at radius 1 is 1.35 bits per heavy atom. The van der Waals surface area contributed by atoms with Gasteiger partial charge < -0.3 is 14.4 Å². The van der Waals surface area contributed by atoms with Crippen molar-refractivity contribution in [2.75, 3.05) is 40.0 Å². The molecular weight excluding hydrogens is 304 g/mol. The van der Waals surface area contributed by atoms with Crippen LogP contribution < -0.4 is 0 Å². The van der Waals surface area contributed by atoms with E-state index in [1.54, 1.807) is 12.0 Å². The van der Waals surface area contributed by atoms with Crippen molar-refractivity contribution in [2.45, 2.75) is 19.8 Å². The molecule has 6 heteroatoms. The van der Waals surface area contributed by atoms with Crippen LogP contribution in [0.15, 0.2) is 18.2 Å². The number of halogens is 2. The second kappa shape index (κ2) is 7.84. The lowest BCUT2D eigenvalue weighted by Gasteiger charge is -2.38. The van der Waals surface area contributed by atoms with E-state index in [1.807, 2.05) is 0 Å². The minimum atomic E-state index is -0.838. The normalized spacial score (nSPS) is 17.0. The Hall–Kier alpha value is -1.53. The summed E-state index contributed by atoms with van der Waals surface area (Å²) >= 11 is 0. The average molecular weight is 327 g/mol. The predicted octanol–water partition coefficient (Wildman–Crippen LogP) is 2.87. The lowest BCUT2D eigenvalue weighted by Crippen LogP contribution is -2.44. The second-order valence-electron chi connectivity index (χ2n) is 6.27. The molecule has 128 valence electrons. The molecule has 1 aliphatic heterocycles. The first-order valence-electron chi connectivity index (χ1n) is 7.76. The molecule has 0 unspecified atom stereocenters. The van der Waals surface area contributed by atoms with Crippen LogP contribution in [-0.2, 0) is 9.47 Å². The molecule has 0 N–H and O–H groups in total. The van der Waals surface area contributed by atoms with Crippen molar-refractivity contribution in [3.8, 4) is 0 Å². The summed E-state index contributed by atoms with van der Waals surface area (Å²) in [5.41, 5.74) is -0.184. The standard InChI is InChI=1S/C17H23F2NO3/c1-17(5-8-23-9-6-17)12-20(7-10-22-2)16(21)14-4-3-13(18)11-15(14)19/h3-4,11H,5-10,12H2,1-2H3. The molecule has 0 aromatic heterocycles. The van der Waals surface area contributed by atoms with E-state index in [0.717, 1.165) is 25.0 Å². The second-order valence-corrected chi connectivity index (χ2v) is 6.27. The van der Waals surface area contributed by atoms with Crippen LogP contribution in [0.25, 0.3) is 0 Å². The number of ether oxygens (including phenoxy) is 2. The maximum atomic E-state index is 13.9. The lowest BCUT2D eigenvalue weighted by atomic mass is 9.82. The van der Waals surface area contributed by atoms with Gasteiger partial charge in [-0.1, -0.05) is 6.92 Å². The maximum absolute atomic E-state index is 13.9. The molecule has 0 saturated carbocycles. The Bertz CT molecular complexity index is 545. The highest BCUT2D eigenvalue weighted by Crippen LogP contribution is 2.31. The number of methoxy groups -OCH3 is 1. The molecule has 1 aromatic rings. The van der Waals surface area contributed by atoms with Gasteiger partial charge in [-0.15, -0.1) is 0 Å². The van der Waals surface area contributed by atoms with Crippen LogP contribution in [0.1, 0.15) is 30.1 Å². The van der Waals surface area contributed by atoms with E-state index < -0.39 is 17.5 Å². The van der Waals surface area contributed by atoms with Crippen LogP contribution in [0.3, 0.4) is 0 Å². The van der Waals surface area contributed by atoms with E-state index in [2.05, 4.69) is 6.92 Å². The van der Waals surface area contributed by atoms with Crippen molar-refractivity contribution in [3.05, 3.63) is 35.4 Å². The molecule has 1 fully saturated rings. The number of carbonyl (C=O) groups is 1. The number of rotatable bonds is 6. The van der Waals surface area contributed by atoms with Crippen LogP contribution in [-0.4, -0.2) is 50.8 Å². The molecule has 0 spiro atoms.